The summed E-state index contributed by atoms with van der Waals surface area (Å²) in [6.45, 7) is 2.75. The van der Waals surface area contributed by atoms with Gasteiger partial charge in [-0.15, -0.1) is 11.3 Å². The van der Waals surface area contributed by atoms with Gasteiger partial charge in [-0.3, -0.25) is 0 Å². The van der Waals surface area contributed by atoms with Crippen molar-refractivity contribution in [3.8, 4) is 11.5 Å². The molecule has 5 nitrogen and oxygen atoms in total. The molecule has 0 aliphatic heterocycles. The Labute approximate surface area is 139 Å². The normalized spacial score (nSPS) is 10.7. The van der Waals surface area contributed by atoms with Crippen LogP contribution in [-0.2, 0) is 13.0 Å². The first-order chi connectivity index (χ1) is 11.3. The number of para-hydroxylation sites is 1. The second kappa shape index (κ2) is 6.83. The van der Waals surface area contributed by atoms with E-state index in [9.17, 15) is 0 Å². The molecule has 2 aromatic heterocycles. The zero-order valence-electron chi connectivity index (χ0n) is 13.4. The van der Waals surface area contributed by atoms with E-state index in [2.05, 4.69) is 28.3 Å². The van der Waals surface area contributed by atoms with Gasteiger partial charge in [-0.25, -0.2) is 9.97 Å². The Balaban J connectivity index is 1.88. The van der Waals surface area contributed by atoms with Gasteiger partial charge < -0.3 is 14.8 Å². The third kappa shape index (κ3) is 3.07. The van der Waals surface area contributed by atoms with E-state index < -0.39 is 0 Å². The van der Waals surface area contributed by atoms with E-state index in [0.29, 0.717) is 6.54 Å². The van der Waals surface area contributed by atoms with Crippen LogP contribution in [0.15, 0.2) is 30.6 Å². The van der Waals surface area contributed by atoms with Gasteiger partial charge in [-0.1, -0.05) is 19.1 Å². The highest BCUT2D eigenvalue weighted by molar-refractivity contribution is 7.18. The van der Waals surface area contributed by atoms with E-state index in [1.807, 2.05) is 18.2 Å². The maximum absolute atomic E-state index is 5.47. The van der Waals surface area contributed by atoms with Crippen molar-refractivity contribution >= 4 is 27.4 Å². The highest BCUT2D eigenvalue weighted by atomic mass is 32.1. The van der Waals surface area contributed by atoms with Crippen LogP contribution in [0.1, 0.15) is 17.4 Å². The van der Waals surface area contributed by atoms with Crippen molar-refractivity contribution in [1.82, 2.24) is 9.97 Å². The Morgan fingerprint density at radius 2 is 2.04 bits per heavy atom. The van der Waals surface area contributed by atoms with Crippen molar-refractivity contribution in [1.29, 1.82) is 0 Å². The average Bonchev–Trinajstić information content (AvgIpc) is 3.03. The third-order valence-corrected chi connectivity index (χ3v) is 4.85. The first-order valence-corrected chi connectivity index (χ1v) is 8.25. The van der Waals surface area contributed by atoms with E-state index in [-0.39, 0.29) is 0 Å². The monoisotopic (exact) mass is 329 g/mol. The number of aryl methyl sites for hydroxylation is 1. The first-order valence-electron chi connectivity index (χ1n) is 7.44. The predicted octanol–water partition coefficient (Wildman–Crippen LogP) is 3.88. The van der Waals surface area contributed by atoms with Gasteiger partial charge in [0.2, 0.25) is 0 Å². The van der Waals surface area contributed by atoms with Gasteiger partial charge in [0.1, 0.15) is 17.0 Å². The van der Waals surface area contributed by atoms with Crippen molar-refractivity contribution in [2.24, 2.45) is 0 Å². The molecule has 0 fully saturated rings. The largest absolute Gasteiger partial charge is 0.493 e. The summed E-state index contributed by atoms with van der Waals surface area (Å²) in [6.07, 6.45) is 2.60. The quantitative estimate of drug-likeness (QED) is 0.744. The molecule has 0 atom stereocenters. The van der Waals surface area contributed by atoms with Gasteiger partial charge in [0.25, 0.3) is 0 Å². The van der Waals surface area contributed by atoms with Crippen molar-refractivity contribution in [2.75, 3.05) is 19.5 Å². The molecule has 23 heavy (non-hydrogen) atoms. The highest BCUT2D eigenvalue weighted by Crippen LogP contribution is 2.32. The molecule has 1 aromatic carbocycles. The van der Waals surface area contributed by atoms with Gasteiger partial charge in [-0.05, 0) is 18.6 Å². The molecule has 0 radical (unpaired) electrons. The fraction of sp³-hybridized carbons (Fsp3) is 0.294. The number of hydrogen-bond acceptors (Lipinski definition) is 6. The third-order valence-electron chi connectivity index (χ3n) is 3.66. The van der Waals surface area contributed by atoms with Gasteiger partial charge in [0.15, 0.2) is 11.5 Å². The molecule has 0 aliphatic rings. The van der Waals surface area contributed by atoms with Gasteiger partial charge in [-0.2, -0.15) is 0 Å². The summed E-state index contributed by atoms with van der Waals surface area (Å²) in [4.78, 5) is 11.0. The van der Waals surface area contributed by atoms with Crippen LogP contribution in [0.25, 0.3) is 10.2 Å². The summed E-state index contributed by atoms with van der Waals surface area (Å²) in [5.74, 6) is 2.31. The number of benzene rings is 1. The van der Waals surface area contributed by atoms with Crippen LogP contribution < -0.4 is 14.8 Å². The molecular weight excluding hydrogens is 310 g/mol. The average molecular weight is 329 g/mol. The standard InChI is InChI=1S/C17H19N3O2S/c1-4-12-8-13-16(19-10-20-17(13)23-12)18-9-11-6-5-7-14(21-2)15(11)22-3/h5-8,10H,4,9H2,1-3H3,(H,18,19,20). The Morgan fingerprint density at radius 1 is 1.17 bits per heavy atom. The molecule has 120 valence electrons. The second-order valence-electron chi connectivity index (χ2n) is 5.01. The number of rotatable bonds is 6. The molecule has 0 bridgehead atoms. The summed E-state index contributed by atoms with van der Waals surface area (Å²) >= 11 is 1.71. The number of thiophene rings is 1. The zero-order chi connectivity index (χ0) is 16.2. The number of aromatic nitrogens is 2. The lowest BCUT2D eigenvalue weighted by Gasteiger charge is -2.13. The van der Waals surface area contributed by atoms with E-state index in [1.165, 1.54) is 4.88 Å². The van der Waals surface area contributed by atoms with Gasteiger partial charge in [0.05, 0.1) is 19.6 Å². The summed E-state index contributed by atoms with van der Waals surface area (Å²) in [7, 11) is 3.29. The lowest BCUT2D eigenvalue weighted by Crippen LogP contribution is -2.04. The van der Waals surface area contributed by atoms with Crippen molar-refractivity contribution < 1.29 is 9.47 Å². The van der Waals surface area contributed by atoms with Crippen molar-refractivity contribution in [2.45, 2.75) is 19.9 Å². The number of methoxy groups -OCH3 is 2. The maximum atomic E-state index is 5.47. The highest BCUT2D eigenvalue weighted by Gasteiger charge is 2.11. The van der Waals surface area contributed by atoms with E-state index in [0.717, 1.165) is 39.5 Å². The predicted molar refractivity (Wildman–Crippen MR) is 93.7 cm³/mol. The lowest BCUT2D eigenvalue weighted by atomic mass is 10.2. The molecule has 3 aromatic rings. The smallest absolute Gasteiger partial charge is 0.165 e. The van der Waals surface area contributed by atoms with Crippen LogP contribution in [0, 0.1) is 0 Å². The number of nitrogens with zero attached hydrogens (tertiary/aromatic N) is 2. The van der Waals surface area contributed by atoms with Gasteiger partial charge in [0, 0.05) is 17.0 Å². The second-order valence-corrected chi connectivity index (χ2v) is 6.13. The molecule has 0 amide bonds. The zero-order valence-corrected chi connectivity index (χ0v) is 14.2. The molecule has 0 spiro atoms. The Hall–Kier alpha value is -2.34. The van der Waals surface area contributed by atoms with E-state index in [1.54, 1.807) is 31.9 Å². The van der Waals surface area contributed by atoms with Crippen LogP contribution >= 0.6 is 11.3 Å². The minimum absolute atomic E-state index is 0.601. The molecule has 3 rings (SSSR count). The Kier molecular flexibility index (Phi) is 4.62. The molecule has 0 aliphatic carbocycles. The molecule has 2 heterocycles. The summed E-state index contributed by atoms with van der Waals surface area (Å²) in [5.41, 5.74) is 1.02. The SMILES string of the molecule is CCc1cc2c(NCc3cccc(OC)c3OC)ncnc2s1. The van der Waals surface area contributed by atoms with Crippen LogP contribution in [-0.4, -0.2) is 24.2 Å². The van der Waals surface area contributed by atoms with Crippen LogP contribution in [0.5, 0.6) is 11.5 Å². The van der Waals surface area contributed by atoms with E-state index >= 15 is 0 Å². The van der Waals surface area contributed by atoms with Gasteiger partial charge >= 0.3 is 0 Å². The summed E-state index contributed by atoms with van der Waals surface area (Å²) in [6, 6.07) is 8.01. The molecule has 0 unspecified atom stereocenters. The topological polar surface area (TPSA) is 56.3 Å². The fourth-order valence-corrected chi connectivity index (χ4v) is 3.43. The maximum Gasteiger partial charge on any atom is 0.165 e. The minimum Gasteiger partial charge on any atom is -0.493 e. The lowest BCUT2D eigenvalue weighted by molar-refractivity contribution is 0.352. The first kappa shape index (κ1) is 15.6. The number of nitrogens with one attached hydrogen (secondary N) is 1. The summed E-state index contributed by atoms with van der Waals surface area (Å²) < 4.78 is 10.8. The summed E-state index contributed by atoms with van der Waals surface area (Å²) in [5, 5.41) is 4.45. The fourth-order valence-electron chi connectivity index (χ4n) is 2.49. The Bertz CT molecular complexity index is 817. The van der Waals surface area contributed by atoms with Crippen molar-refractivity contribution in [3.05, 3.63) is 41.0 Å². The van der Waals surface area contributed by atoms with Crippen LogP contribution in [0.2, 0.25) is 0 Å². The molecule has 6 heteroatoms. The molecular formula is C17H19N3O2S. The number of anilines is 1. The van der Waals surface area contributed by atoms with Crippen molar-refractivity contribution in [3.63, 3.8) is 0 Å². The number of fused-ring (bicyclic) bond motifs is 1. The van der Waals surface area contributed by atoms with Crippen LogP contribution in [0.4, 0.5) is 5.82 Å². The number of ether oxygens (including phenoxy) is 2. The minimum atomic E-state index is 0.601. The molecule has 0 saturated carbocycles. The van der Waals surface area contributed by atoms with Crippen LogP contribution in [0.3, 0.4) is 0 Å². The molecule has 0 saturated heterocycles. The van der Waals surface area contributed by atoms with E-state index in [4.69, 9.17) is 9.47 Å². The molecule has 1 N–H and O–H groups in total. The Morgan fingerprint density at radius 3 is 2.78 bits per heavy atom. The number of hydrogen-bond donors (Lipinski definition) is 1.